The molecular weight excluding hydrogens is 240 g/mol. The molecule has 4 unspecified atom stereocenters. The molecule has 2 saturated carbocycles. The van der Waals surface area contributed by atoms with Crippen LogP contribution in [0.1, 0.15) is 51.4 Å². The van der Waals surface area contributed by atoms with Crippen molar-refractivity contribution in [2.75, 3.05) is 0 Å². The van der Waals surface area contributed by atoms with Crippen LogP contribution >= 0.6 is 0 Å². The van der Waals surface area contributed by atoms with E-state index in [-0.39, 0.29) is 0 Å². The average Bonchev–Trinajstić information content (AvgIpc) is 2.68. The fourth-order valence-corrected chi connectivity index (χ4v) is 5.44. The minimum Gasteiger partial charge on any atom is -0.0623 e. The van der Waals surface area contributed by atoms with Gasteiger partial charge >= 0.3 is 0 Å². The van der Waals surface area contributed by atoms with Gasteiger partial charge in [0.1, 0.15) is 0 Å². The van der Waals surface area contributed by atoms with Crippen LogP contribution in [-0.4, -0.2) is 0 Å². The Bertz CT molecular complexity index is 488. The molecule has 0 radical (unpaired) electrons. The van der Waals surface area contributed by atoms with Crippen LogP contribution in [-0.2, 0) is 0 Å². The van der Waals surface area contributed by atoms with Gasteiger partial charge in [0, 0.05) is 0 Å². The summed E-state index contributed by atoms with van der Waals surface area (Å²) >= 11 is 0. The highest BCUT2D eigenvalue weighted by Gasteiger charge is 2.46. The lowest BCUT2D eigenvalue weighted by Gasteiger charge is -2.40. The maximum absolute atomic E-state index is 2.44. The number of allylic oxidation sites excluding steroid dienone is 8. The second-order valence-electron chi connectivity index (χ2n) is 7.13. The van der Waals surface area contributed by atoms with Crippen molar-refractivity contribution in [3.8, 4) is 0 Å². The van der Waals surface area contributed by atoms with Gasteiger partial charge in [0.2, 0.25) is 0 Å². The highest BCUT2D eigenvalue weighted by Crippen LogP contribution is 2.56. The molecule has 0 N–H and O–H groups in total. The molecule has 4 atom stereocenters. The summed E-state index contributed by atoms with van der Waals surface area (Å²) in [7, 11) is 0. The quantitative estimate of drug-likeness (QED) is 0.536. The Balaban J connectivity index is 1.75. The van der Waals surface area contributed by atoms with Crippen LogP contribution in [0.3, 0.4) is 0 Å². The van der Waals surface area contributed by atoms with Crippen molar-refractivity contribution in [2.24, 2.45) is 23.7 Å². The molecule has 0 heteroatoms. The van der Waals surface area contributed by atoms with Gasteiger partial charge in [-0.1, -0.05) is 75.0 Å². The van der Waals surface area contributed by atoms with Gasteiger partial charge < -0.3 is 0 Å². The molecule has 4 rings (SSSR count). The van der Waals surface area contributed by atoms with Gasteiger partial charge in [0.15, 0.2) is 0 Å². The summed E-state index contributed by atoms with van der Waals surface area (Å²) in [6, 6.07) is 0. The number of hydrogen-bond donors (Lipinski definition) is 0. The molecule has 0 heterocycles. The van der Waals surface area contributed by atoms with Crippen LogP contribution < -0.4 is 0 Å². The van der Waals surface area contributed by atoms with Crippen LogP contribution in [0, 0.1) is 23.7 Å². The van der Waals surface area contributed by atoms with Crippen molar-refractivity contribution in [3.05, 3.63) is 47.6 Å². The largest absolute Gasteiger partial charge is 0.0623 e. The van der Waals surface area contributed by atoms with Crippen molar-refractivity contribution in [1.82, 2.24) is 0 Å². The second-order valence-corrected chi connectivity index (χ2v) is 7.13. The monoisotopic (exact) mass is 266 g/mol. The van der Waals surface area contributed by atoms with E-state index in [2.05, 4.69) is 36.5 Å². The summed E-state index contributed by atoms with van der Waals surface area (Å²) in [5.74, 6) is 3.73. The fourth-order valence-electron chi connectivity index (χ4n) is 5.44. The summed E-state index contributed by atoms with van der Waals surface area (Å²) in [5.41, 5.74) is 3.40. The van der Waals surface area contributed by atoms with Gasteiger partial charge in [-0.15, -0.1) is 0 Å². The molecule has 106 valence electrons. The van der Waals surface area contributed by atoms with E-state index in [1.165, 1.54) is 51.4 Å². The molecule has 0 spiro atoms. The smallest absolute Gasteiger partial charge is 0.0122 e. The molecule has 0 aromatic rings. The Hall–Kier alpha value is -1.04. The van der Waals surface area contributed by atoms with Crippen molar-refractivity contribution >= 4 is 0 Å². The maximum Gasteiger partial charge on any atom is -0.0122 e. The van der Waals surface area contributed by atoms with E-state index in [1.807, 2.05) is 0 Å². The van der Waals surface area contributed by atoms with Crippen molar-refractivity contribution in [1.29, 1.82) is 0 Å². The van der Waals surface area contributed by atoms with E-state index in [4.69, 9.17) is 0 Å². The van der Waals surface area contributed by atoms with Crippen molar-refractivity contribution in [2.45, 2.75) is 51.4 Å². The summed E-state index contributed by atoms with van der Waals surface area (Å²) in [5, 5.41) is 0. The second kappa shape index (κ2) is 5.39. The zero-order chi connectivity index (χ0) is 13.4. The van der Waals surface area contributed by atoms with E-state index >= 15 is 0 Å². The Kier molecular flexibility index (Phi) is 3.42. The third-order valence-electron chi connectivity index (χ3n) is 6.17. The molecule has 0 amide bonds. The highest BCUT2D eigenvalue weighted by molar-refractivity contribution is 5.45. The first kappa shape index (κ1) is 12.7. The summed E-state index contributed by atoms with van der Waals surface area (Å²) in [6.45, 7) is 0. The van der Waals surface area contributed by atoms with Gasteiger partial charge in [0.25, 0.3) is 0 Å². The van der Waals surface area contributed by atoms with Crippen LogP contribution in [0.2, 0.25) is 0 Å². The van der Waals surface area contributed by atoms with Crippen molar-refractivity contribution < 1.29 is 0 Å². The summed E-state index contributed by atoms with van der Waals surface area (Å²) in [4.78, 5) is 0. The summed E-state index contributed by atoms with van der Waals surface area (Å²) in [6.07, 6.45) is 25.5. The number of hydrogen-bond acceptors (Lipinski definition) is 0. The Morgan fingerprint density at radius 3 is 1.95 bits per heavy atom. The molecule has 0 aromatic carbocycles. The average molecular weight is 266 g/mol. The van der Waals surface area contributed by atoms with E-state index < -0.39 is 0 Å². The minimum absolute atomic E-state index is 0.869. The molecule has 0 saturated heterocycles. The third kappa shape index (κ3) is 2.05. The third-order valence-corrected chi connectivity index (χ3v) is 6.17. The van der Waals surface area contributed by atoms with E-state index in [9.17, 15) is 0 Å². The van der Waals surface area contributed by atoms with Gasteiger partial charge in [0.05, 0.1) is 0 Å². The predicted molar refractivity (Wildman–Crippen MR) is 85.3 cm³/mol. The van der Waals surface area contributed by atoms with Crippen molar-refractivity contribution in [3.63, 3.8) is 0 Å². The van der Waals surface area contributed by atoms with Gasteiger partial charge in [-0.3, -0.25) is 0 Å². The minimum atomic E-state index is 0.869. The normalized spacial score (nSPS) is 44.4. The molecule has 0 bridgehead atoms. The first-order valence-corrected chi connectivity index (χ1v) is 8.70. The predicted octanol–water partition coefficient (Wildman–Crippen LogP) is 5.59. The Morgan fingerprint density at radius 2 is 1.20 bits per heavy atom. The van der Waals surface area contributed by atoms with Crippen LogP contribution in [0.5, 0.6) is 0 Å². The first-order valence-electron chi connectivity index (χ1n) is 8.70. The summed E-state index contributed by atoms with van der Waals surface area (Å²) < 4.78 is 0. The van der Waals surface area contributed by atoms with Crippen LogP contribution in [0.25, 0.3) is 0 Å². The van der Waals surface area contributed by atoms with E-state index in [0.29, 0.717) is 0 Å². The lowest BCUT2D eigenvalue weighted by Crippen LogP contribution is -2.31. The molecule has 0 aromatic heterocycles. The Morgan fingerprint density at radius 1 is 0.600 bits per heavy atom. The molecule has 4 aliphatic rings. The van der Waals surface area contributed by atoms with E-state index in [0.717, 1.165) is 23.7 Å². The standard InChI is InChI=1S/C20H26/c1-2-6-12-17-16(11-5-1)18-13-7-3-4-9-15-10-8-14-19(17)20(15)18/h1-2,5-6,11-12,15,18-20H,3-4,7-10,13-14H2/b2-1-,5-1?,6-2?,11-5-,12-6-,16-11?,17-12?. The molecule has 2 fully saturated rings. The molecule has 20 heavy (non-hydrogen) atoms. The topological polar surface area (TPSA) is 0 Å². The molecule has 0 aliphatic heterocycles. The zero-order valence-electron chi connectivity index (χ0n) is 12.4. The van der Waals surface area contributed by atoms with Gasteiger partial charge in [-0.2, -0.15) is 0 Å². The Labute approximate surface area is 123 Å². The molecule has 4 aliphatic carbocycles. The van der Waals surface area contributed by atoms with Gasteiger partial charge in [-0.05, 0) is 47.7 Å². The SMILES string of the molecule is C1=C\C=C/C2=C(\C=C/1)C1CCCCCC3CCCC2C31. The maximum atomic E-state index is 2.44. The lowest BCUT2D eigenvalue weighted by molar-refractivity contribution is 0.123. The zero-order valence-corrected chi connectivity index (χ0v) is 12.4. The fraction of sp³-hybridized carbons (Fsp3) is 0.600. The number of fused-ring (bicyclic) bond motifs is 2. The van der Waals surface area contributed by atoms with Gasteiger partial charge in [-0.25, -0.2) is 0 Å². The van der Waals surface area contributed by atoms with E-state index in [1.54, 1.807) is 11.1 Å². The van der Waals surface area contributed by atoms with Crippen LogP contribution in [0.15, 0.2) is 47.6 Å². The first-order chi connectivity index (χ1) is 9.95. The lowest BCUT2D eigenvalue weighted by atomic mass is 9.65. The van der Waals surface area contributed by atoms with Crippen LogP contribution in [0.4, 0.5) is 0 Å². The molecule has 0 nitrogen and oxygen atoms in total. The highest BCUT2D eigenvalue weighted by atomic mass is 14.5. The number of rotatable bonds is 0. The molecular formula is C20H26.